The second-order valence-corrected chi connectivity index (χ2v) is 6.91. The molecule has 0 bridgehead atoms. The third kappa shape index (κ3) is 3.96. The van der Waals surface area contributed by atoms with Gasteiger partial charge in [-0.2, -0.15) is 5.26 Å². The van der Waals surface area contributed by atoms with Crippen LogP contribution in [-0.2, 0) is 4.79 Å². The van der Waals surface area contributed by atoms with E-state index in [2.05, 4.69) is 0 Å². The summed E-state index contributed by atoms with van der Waals surface area (Å²) in [6.07, 6.45) is 1.60. The van der Waals surface area contributed by atoms with Crippen molar-refractivity contribution in [2.75, 3.05) is 18.8 Å². The molecule has 0 atom stereocenters. The molecule has 0 saturated carbocycles. The zero-order chi connectivity index (χ0) is 21.8. The van der Waals surface area contributed by atoms with E-state index in [0.717, 1.165) is 11.1 Å². The molecule has 0 radical (unpaired) electrons. The zero-order valence-electron chi connectivity index (χ0n) is 17.2. The van der Waals surface area contributed by atoms with Gasteiger partial charge in [0.25, 0.3) is 0 Å². The molecule has 1 amide bonds. The lowest BCUT2D eigenvalue weighted by Crippen LogP contribution is -2.28. The number of carbonyl (C=O) groups excluding carboxylic acids is 2. The first kappa shape index (κ1) is 20.9. The number of likely N-dealkylation sites (N-methyl/N-ethyl adjacent to an activating group) is 1. The van der Waals surface area contributed by atoms with Gasteiger partial charge in [0.05, 0.1) is 17.3 Å². The summed E-state index contributed by atoms with van der Waals surface area (Å²) >= 11 is 0. The molecule has 0 spiro atoms. The van der Waals surface area contributed by atoms with E-state index in [9.17, 15) is 9.59 Å². The third-order valence-corrected chi connectivity index (χ3v) is 5.08. The van der Waals surface area contributed by atoms with Crippen LogP contribution in [0.4, 0.5) is 5.69 Å². The number of nitrogen functional groups attached to an aromatic ring is 1. The molecule has 0 aliphatic rings. The number of hydrogen-bond acceptors (Lipinski definition) is 5. The van der Waals surface area contributed by atoms with E-state index in [0.29, 0.717) is 35.2 Å². The molecular weight excluding hydrogens is 378 g/mol. The van der Waals surface area contributed by atoms with Crippen molar-refractivity contribution in [3.8, 4) is 6.07 Å². The monoisotopic (exact) mass is 401 g/mol. The molecule has 0 fully saturated rings. The van der Waals surface area contributed by atoms with Gasteiger partial charge in [0.15, 0.2) is 5.76 Å². The summed E-state index contributed by atoms with van der Waals surface area (Å²) in [5.74, 6) is -0.333. The Bertz CT molecular complexity index is 1180. The molecular formula is C24H23N3O3. The van der Waals surface area contributed by atoms with Gasteiger partial charge in [-0.3, -0.25) is 9.59 Å². The molecule has 6 heteroatoms. The summed E-state index contributed by atoms with van der Waals surface area (Å²) in [4.78, 5) is 26.9. The lowest BCUT2D eigenvalue weighted by molar-refractivity contribution is -0.125. The van der Waals surface area contributed by atoms with E-state index in [1.54, 1.807) is 41.3 Å². The summed E-state index contributed by atoms with van der Waals surface area (Å²) in [6.45, 7) is 7.04. The maximum Gasteiger partial charge on any atom is 0.246 e. The van der Waals surface area contributed by atoms with Gasteiger partial charge in [-0.15, -0.1) is 0 Å². The van der Waals surface area contributed by atoms with Crippen molar-refractivity contribution in [1.29, 1.82) is 5.26 Å². The van der Waals surface area contributed by atoms with Crippen LogP contribution in [0.15, 0.2) is 53.0 Å². The van der Waals surface area contributed by atoms with Crippen LogP contribution in [0.3, 0.4) is 0 Å². The highest BCUT2D eigenvalue weighted by molar-refractivity contribution is 6.14. The fraction of sp³-hybridized carbons (Fsp3) is 0.208. The van der Waals surface area contributed by atoms with E-state index in [1.165, 1.54) is 0 Å². The van der Waals surface area contributed by atoms with Crippen LogP contribution in [0.2, 0.25) is 0 Å². The molecule has 3 rings (SSSR count). The summed E-state index contributed by atoms with van der Waals surface area (Å²) in [7, 11) is 0. The lowest BCUT2D eigenvalue weighted by Gasteiger charge is -2.16. The molecule has 152 valence electrons. The smallest absolute Gasteiger partial charge is 0.246 e. The maximum absolute atomic E-state index is 12.8. The Balaban J connectivity index is 1.96. The number of amides is 1. The van der Waals surface area contributed by atoms with Gasteiger partial charge in [-0.05, 0) is 68.3 Å². The number of nitriles is 1. The largest absolute Gasteiger partial charge is 0.450 e. The first-order valence-electron chi connectivity index (χ1n) is 9.74. The van der Waals surface area contributed by atoms with E-state index in [-0.39, 0.29) is 23.1 Å². The van der Waals surface area contributed by atoms with Crippen LogP contribution >= 0.6 is 0 Å². The minimum absolute atomic E-state index is 0.0468. The predicted molar refractivity (Wildman–Crippen MR) is 117 cm³/mol. The summed E-state index contributed by atoms with van der Waals surface area (Å²) in [5, 5.41) is 9.52. The van der Waals surface area contributed by atoms with Gasteiger partial charge in [-0.1, -0.05) is 6.07 Å². The average molecular weight is 401 g/mol. The highest BCUT2D eigenvalue weighted by atomic mass is 16.3. The second kappa shape index (κ2) is 8.66. The van der Waals surface area contributed by atoms with Crippen LogP contribution in [0.5, 0.6) is 0 Å². The van der Waals surface area contributed by atoms with E-state index >= 15 is 0 Å². The van der Waals surface area contributed by atoms with Crippen LogP contribution in [0, 0.1) is 11.3 Å². The molecule has 0 aliphatic heterocycles. The van der Waals surface area contributed by atoms with Gasteiger partial charge in [0.2, 0.25) is 11.7 Å². The number of hydrogen-bond donors (Lipinski definition) is 1. The number of rotatable bonds is 6. The fourth-order valence-electron chi connectivity index (χ4n) is 3.25. The lowest BCUT2D eigenvalue weighted by atomic mass is 10.0. The summed E-state index contributed by atoms with van der Waals surface area (Å²) < 4.78 is 5.73. The molecule has 2 N–H and O–H groups in total. The molecule has 2 aromatic carbocycles. The highest BCUT2D eigenvalue weighted by Crippen LogP contribution is 2.32. The molecule has 1 heterocycles. The molecule has 0 saturated heterocycles. The maximum atomic E-state index is 12.8. The number of fused-ring (bicyclic) bond motifs is 1. The second-order valence-electron chi connectivity index (χ2n) is 6.91. The van der Waals surface area contributed by atoms with Gasteiger partial charge < -0.3 is 15.1 Å². The average Bonchev–Trinajstić information content (AvgIpc) is 3.10. The Kier molecular flexibility index (Phi) is 6.03. The van der Waals surface area contributed by atoms with Crippen molar-refractivity contribution in [2.45, 2.75) is 20.8 Å². The Hall–Kier alpha value is -3.85. The van der Waals surface area contributed by atoms with Crippen molar-refractivity contribution >= 4 is 33.9 Å². The van der Waals surface area contributed by atoms with Crippen LogP contribution in [0.25, 0.3) is 16.5 Å². The number of ketones is 1. The number of benzene rings is 2. The molecule has 1 aromatic heterocycles. The Morgan fingerprint density at radius 2 is 1.73 bits per heavy atom. The normalized spacial score (nSPS) is 11.3. The molecule has 6 nitrogen and oxygen atoms in total. The number of furan rings is 1. The van der Waals surface area contributed by atoms with Gasteiger partial charge in [-0.25, -0.2) is 0 Å². The molecule has 3 aromatic rings. The van der Waals surface area contributed by atoms with Gasteiger partial charge in [0.1, 0.15) is 5.58 Å². The highest BCUT2D eigenvalue weighted by Gasteiger charge is 2.20. The third-order valence-electron chi connectivity index (χ3n) is 5.08. The van der Waals surface area contributed by atoms with Crippen LogP contribution < -0.4 is 5.73 Å². The topological polar surface area (TPSA) is 100 Å². The minimum atomic E-state index is -0.348. The summed E-state index contributed by atoms with van der Waals surface area (Å²) in [6, 6.07) is 13.7. The van der Waals surface area contributed by atoms with Crippen LogP contribution in [-0.4, -0.2) is 29.7 Å². The van der Waals surface area contributed by atoms with Crippen molar-refractivity contribution < 1.29 is 14.0 Å². The molecule has 30 heavy (non-hydrogen) atoms. The first-order chi connectivity index (χ1) is 14.4. The standard InChI is InChI=1S/C24H23N3O3/c1-4-27(5-2)21(28)12-15(3)18-10-11-20-19(13-18)22(26)24(30-20)23(29)17-8-6-16(14-25)7-9-17/h6-13H,4-5,26H2,1-3H3/b15-12-. The zero-order valence-corrected chi connectivity index (χ0v) is 17.2. The SMILES string of the molecule is CCN(CC)C(=O)/C=C(/C)c1ccc2oc(C(=O)c3ccc(C#N)cc3)c(N)c2c1. The Morgan fingerprint density at radius 1 is 1.10 bits per heavy atom. The molecule has 0 unspecified atom stereocenters. The number of carbonyl (C=O) groups is 2. The van der Waals surface area contributed by atoms with E-state index in [4.69, 9.17) is 15.4 Å². The van der Waals surface area contributed by atoms with Crippen LogP contribution in [0.1, 0.15) is 48.0 Å². The number of allylic oxidation sites excluding steroid dienone is 1. The Morgan fingerprint density at radius 3 is 2.33 bits per heavy atom. The summed E-state index contributed by atoms with van der Waals surface area (Å²) in [5.41, 5.74) is 9.47. The quantitative estimate of drug-likeness (QED) is 0.488. The van der Waals surface area contributed by atoms with E-state index < -0.39 is 0 Å². The van der Waals surface area contributed by atoms with Gasteiger partial charge >= 0.3 is 0 Å². The van der Waals surface area contributed by atoms with Gasteiger partial charge in [0, 0.05) is 30.1 Å². The predicted octanol–water partition coefficient (Wildman–Crippen LogP) is 4.39. The van der Waals surface area contributed by atoms with Crippen molar-refractivity contribution in [3.63, 3.8) is 0 Å². The minimum Gasteiger partial charge on any atom is -0.450 e. The first-order valence-corrected chi connectivity index (χ1v) is 9.74. The number of nitrogens with zero attached hydrogens (tertiary/aromatic N) is 2. The van der Waals surface area contributed by atoms with Crippen molar-refractivity contribution in [3.05, 3.63) is 71.0 Å². The number of anilines is 1. The fourth-order valence-corrected chi connectivity index (χ4v) is 3.25. The van der Waals surface area contributed by atoms with E-state index in [1.807, 2.05) is 39.0 Å². The number of nitrogens with two attached hydrogens (primary N) is 1. The van der Waals surface area contributed by atoms with Crippen molar-refractivity contribution in [2.24, 2.45) is 0 Å². The van der Waals surface area contributed by atoms with Crippen molar-refractivity contribution in [1.82, 2.24) is 4.90 Å². The molecule has 0 aliphatic carbocycles. The Labute approximate surface area is 175 Å².